The second kappa shape index (κ2) is 7.79. The van der Waals surface area contributed by atoms with Gasteiger partial charge in [-0.2, -0.15) is 13.2 Å². The highest BCUT2D eigenvalue weighted by molar-refractivity contribution is 7.07. The third kappa shape index (κ3) is 4.96. The number of aromatic nitrogens is 2. The summed E-state index contributed by atoms with van der Waals surface area (Å²) >= 11 is 0.989. The molecule has 0 aliphatic rings. The summed E-state index contributed by atoms with van der Waals surface area (Å²) in [6, 6.07) is 4.54. The standard InChI is InChI=1S/C15H12F3N3O2S/c1-10-13(24-21-20-10)14(22)19-7-2-3-8-23-12-6-4-5-11(9-12)15(16,17)18/h4-6,9H,7-8H2,1H3,(H,19,22). The first-order valence-electron chi connectivity index (χ1n) is 6.71. The monoisotopic (exact) mass is 355 g/mol. The molecule has 2 aromatic rings. The molecule has 0 saturated carbocycles. The third-order valence-corrected chi connectivity index (χ3v) is 3.62. The van der Waals surface area contributed by atoms with Gasteiger partial charge in [-0.1, -0.05) is 22.4 Å². The Balaban J connectivity index is 1.78. The number of halogens is 3. The molecule has 0 unspecified atom stereocenters. The summed E-state index contributed by atoms with van der Waals surface area (Å²) in [6.45, 7) is 1.67. The highest BCUT2D eigenvalue weighted by Crippen LogP contribution is 2.31. The van der Waals surface area contributed by atoms with Gasteiger partial charge < -0.3 is 10.1 Å². The van der Waals surface area contributed by atoms with Gasteiger partial charge in [-0.05, 0) is 36.7 Å². The summed E-state index contributed by atoms with van der Waals surface area (Å²) in [5.74, 6) is 5.01. The van der Waals surface area contributed by atoms with Gasteiger partial charge in [0, 0.05) is 0 Å². The molecule has 0 aliphatic carbocycles. The van der Waals surface area contributed by atoms with E-state index in [1.807, 2.05) is 0 Å². The van der Waals surface area contributed by atoms with E-state index in [0.29, 0.717) is 10.6 Å². The minimum Gasteiger partial charge on any atom is -0.481 e. The molecule has 0 bridgehead atoms. The summed E-state index contributed by atoms with van der Waals surface area (Å²) in [4.78, 5) is 12.1. The second-order valence-electron chi connectivity index (χ2n) is 4.54. The lowest BCUT2D eigenvalue weighted by Crippen LogP contribution is -2.23. The summed E-state index contributed by atoms with van der Waals surface area (Å²) in [7, 11) is 0. The molecule has 9 heteroatoms. The number of carbonyl (C=O) groups excluding carboxylic acids is 1. The van der Waals surface area contributed by atoms with Crippen LogP contribution in [-0.2, 0) is 6.18 Å². The molecule has 5 nitrogen and oxygen atoms in total. The minimum atomic E-state index is -4.42. The van der Waals surface area contributed by atoms with Gasteiger partial charge in [0.1, 0.15) is 17.2 Å². The number of aryl methyl sites for hydroxylation is 1. The van der Waals surface area contributed by atoms with Gasteiger partial charge in [0.25, 0.3) is 5.91 Å². The van der Waals surface area contributed by atoms with Crippen LogP contribution in [-0.4, -0.2) is 28.6 Å². The Bertz CT molecular complexity index is 778. The first kappa shape index (κ1) is 17.7. The first-order valence-corrected chi connectivity index (χ1v) is 7.48. The molecule has 1 aromatic carbocycles. The molecule has 1 N–H and O–H groups in total. The lowest BCUT2D eigenvalue weighted by Gasteiger charge is -2.08. The Hall–Kier alpha value is -2.60. The lowest BCUT2D eigenvalue weighted by atomic mass is 10.2. The number of rotatable bonds is 4. The fraction of sp³-hybridized carbons (Fsp3) is 0.267. The number of hydrogen-bond donors (Lipinski definition) is 1. The van der Waals surface area contributed by atoms with E-state index in [1.165, 1.54) is 12.1 Å². The average molecular weight is 355 g/mol. The van der Waals surface area contributed by atoms with Crippen molar-refractivity contribution in [2.45, 2.75) is 13.1 Å². The Morgan fingerprint density at radius 3 is 2.83 bits per heavy atom. The van der Waals surface area contributed by atoms with Crippen LogP contribution >= 0.6 is 11.5 Å². The number of nitrogens with one attached hydrogen (secondary N) is 1. The van der Waals surface area contributed by atoms with E-state index in [-0.39, 0.29) is 24.8 Å². The van der Waals surface area contributed by atoms with E-state index in [0.717, 1.165) is 23.7 Å². The van der Waals surface area contributed by atoms with Crippen LogP contribution in [0.5, 0.6) is 5.75 Å². The van der Waals surface area contributed by atoms with E-state index >= 15 is 0 Å². The van der Waals surface area contributed by atoms with Crippen LogP contribution in [0.4, 0.5) is 13.2 Å². The SMILES string of the molecule is Cc1nnsc1C(=O)NCC#CCOc1cccc(C(F)(F)F)c1. The number of alkyl halides is 3. The normalized spacial score (nSPS) is 10.7. The van der Waals surface area contributed by atoms with Crippen LogP contribution in [0, 0.1) is 18.8 Å². The number of carbonyl (C=O) groups is 1. The Kier molecular flexibility index (Phi) is 5.76. The van der Waals surface area contributed by atoms with E-state index in [9.17, 15) is 18.0 Å². The summed E-state index contributed by atoms with van der Waals surface area (Å²) in [5, 5.41) is 6.29. The number of nitrogens with zero attached hydrogens (tertiary/aromatic N) is 2. The van der Waals surface area contributed by atoms with Crippen molar-refractivity contribution >= 4 is 17.4 Å². The minimum absolute atomic E-state index is 0.0783. The van der Waals surface area contributed by atoms with Crippen molar-refractivity contribution in [3.8, 4) is 17.6 Å². The molecular formula is C15H12F3N3O2S. The smallest absolute Gasteiger partial charge is 0.416 e. The fourth-order valence-corrected chi connectivity index (χ4v) is 2.21. The molecule has 0 radical (unpaired) electrons. The predicted octanol–water partition coefficient (Wildman–Crippen LogP) is 2.68. The number of ether oxygens (including phenoxy) is 1. The van der Waals surface area contributed by atoms with Crippen molar-refractivity contribution < 1.29 is 22.7 Å². The van der Waals surface area contributed by atoms with Crippen molar-refractivity contribution in [1.29, 1.82) is 0 Å². The van der Waals surface area contributed by atoms with E-state index in [1.54, 1.807) is 6.92 Å². The molecule has 0 fully saturated rings. The van der Waals surface area contributed by atoms with Crippen LogP contribution < -0.4 is 10.1 Å². The maximum absolute atomic E-state index is 12.5. The average Bonchev–Trinajstić information content (AvgIpc) is 2.96. The van der Waals surface area contributed by atoms with Crippen LogP contribution in [0.3, 0.4) is 0 Å². The molecule has 0 aliphatic heterocycles. The molecule has 1 aromatic heterocycles. The summed E-state index contributed by atoms with van der Waals surface area (Å²) in [5.41, 5.74) is -0.243. The van der Waals surface area contributed by atoms with Gasteiger partial charge in [0.15, 0.2) is 0 Å². The number of benzene rings is 1. The van der Waals surface area contributed by atoms with Crippen molar-refractivity contribution in [3.63, 3.8) is 0 Å². The van der Waals surface area contributed by atoms with Gasteiger partial charge in [0.2, 0.25) is 0 Å². The summed E-state index contributed by atoms with van der Waals surface area (Å²) in [6.07, 6.45) is -4.42. The molecule has 0 spiro atoms. The Labute approximate surface area is 140 Å². The Morgan fingerprint density at radius 2 is 2.17 bits per heavy atom. The zero-order chi connectivity index (χ0) is 17.6. The third-order valence-electron chi connectivity index (χ3n) is 2.79. The van der Waals surface area contributed by atoms with Crippen LogP contribution in [0.25, 0.3) is 0 Å². The quantitative estimate of drug-likeness (QED) is 0.857. The lowest BCUT2D eigenvalue weighted by molar-refractivity contribution is -0.137. The molecular weight excluding hydrogens is 343 g/mol. The van der Waals surface area contributed by atoms with Crippen LogP contribution in [0.2, 0.25) is 0 Å². The zero-order valence-corrected chi connectivity index (χ0v) is 13.3. The number of hydrogen-bond acceptors (Lipinski definition) is 5. The summed E-state index contributed by atoms with van der Waals surface area (Å²) < 4.78 is 46.4. The van der Waals surface area contributed by atoms with Gasteiger partial charge >= 0.3 is 6.18 Å². The highest BCUT2D eigenvalue weighted by atomic mass is 32.1. The predicted molar refractivity (Wildman–Crippen MR) is 81.7 cm³/mol. The molecule has 0 saturated heterocycles. The van der Waals surface area contributed by atoms with Crippen molar-refractivity contribution in [2.75, 3.05) is 13.2 Å². The van der Waals surface area contributed by atoms with Gasteiger partial charge in [0.05, 0.1) is 17.8 Å². The molecule has 24 heavy (non-hydrogen) atoms. The fourth-order valence-electron chi connectivity index (χ4n) is 1.64. The van der Waals surface area contributed by atoms with Gasteiger partial charge in [-0.15, -0.1) is 5.10 Å². The molecule has 126 valence electrons. The van der Waals surface area contributed by atoms with Crippen molar-refractivity contribution in [3.05, 3.63) is 40.4 Å². The largest absolute Gasteiger partial charge is 0.481 e. The van der Waals surface area contributed by atoms with Crippen molar-refractivity contribution in [2.24, 2.45) is 0 Å². The van der Waals surface area contributed by atoms with E-state index < -0.39 is 11.7 Å². The first-order chi connectivity index (χ1) is 11.4. The zero-order valence-electron chi connectivity index (χ0n) is 12.5. The number of amides is 1. The van der Waals surface area contributed by atoms with Crippen molar-refractivity contribution in [1.82, 2.24) is 14.9 Å². The molecule has 0 atom stereocenters. The van der Waals surface area contributed by atoms with Crippen LogP contribution in [0.1, 0.15) is 20.9 Å². The highest BCUT2D eigenvalue weighted by Gasteiger charge is 2.30. The Morgan fingerprint density at radius 1 is 1.38 bits per heavy atom. The molecule has 2 rings (SSSR count). The molecule has 1 amide bonds. The topological polar surface area (TPSA) is 64.1 Å². The van der Waals surface area contributed by atoms with E-state index in [2.05, 4.69) is 26.7 Å². The van der Waals surface area contributed by atoms with Crippen LogP contribution in [0.15, 0.2) is 24.3 Å². The second-order valence-corrected chi connectivity index (χ2v) is 5.29. The van der Waals surface area contributed by atoms with Gasteiger partial charge in [-0.25, -0.2) is 0 Å². The maximum atomic E-state index is 12.5. The maximum Gasteiger partial charge on any atom is 0.416 e. The van der Waals surface area contributed by atoms with E-state index in [4.69, 9.17) is 4.74 Å². The van der Waals surface area contributed by atoms with Gasteiger partial charge in [-0.3, -0.25) is 4.79 Å². The molecule has 1 heterocycles.